The second kappa shape index (κ2) is 8.28. The summed E-state index contributed by atoms with van der Waals surface area (Å²) >= 11 is 0. The quantitative estimate of drug-likeness (QED) is 0.735. The van der Waals surface area contributed by atoms with Gasteiger partial charge in [0.15, 0.2) is 0 Å². The van der Waals surface area contributed by atoms with E-state index in [0.717, 1.165) is 18.9 Å². The monoisotopic (exact) mass is 277 g/mol. The van der Waals surface area contributed by atoms with Crippen LogP contribution in [0.2, 0.25) is 0 Å². The van der Waals surface area contributed by atoms with Crippen LogP contribution in [0.25, 0.3) is 0 Å². The van der Waals surface area contributed by atoms with Gasteiger partial charge in [0.1, 0.15) is 5.75 Å². The van der Waals surface area contributed by atoms with Gasteiger partial charge in [-0.05, 0) is 44.4 Å². The molecule has 112 valence electrons. The lowest BCUT2D eigenvalue weighted by atomic mass is 10.1. The standard InChI is InChI=1S/C17H27NO2/c1-3-19-17-10-8-15(9-11-17)14(2)18-12-13-20-16-6-4-5-7-16/h8-11,14,16,18H,3-7,12-13H2,1-2H3. The van der Waals surface area contributed by atoms with Crippen LogP contribution in [0.5, 0.6) is 5.75 Å². The highest BCUT2D eigenvalue weighted by Crippen LogP contribution is 2.21. The summed E-state index contributed by atoms with van der Waals surface area (Å²) in [6.07, 6.45) is 5.67. The van der Waals surface area contributed by atoms with Crippen molar-refractivity contribution in [2.75, 3.05) is 19.8 Å². The second-order valence-corrected chi connectivity index (χ2v) is 5.46. The molecular formula is C17H27NO2. The zero-order valence-electron chi connectivity index (χ0n) is 12.7. The molecule has 3 nitrogen and oxygen atoms in total. The third-order valence-corrected chi connectivity index (χ3v) is 3.90. The van der Waals surface area contributed by atoms with Gasteiger partial charge in [0.25, 0.3) is 0 Å². The van der Waals surface area contributed by atoms with Gasteiger partial charge in [-0.1, -0.05) is 25.0 Å². The Kier molecular flexibility index (Phi) is 6.34. The Morgan fingerprint density at radius 3 is 2.55 bits per heavy atom. The molecule has 0 aliphatic heterocycles. The van der Waals surface area contributed by atoms with Gasteiger partial charge in [0, 0.05) is 12.6 Å². The maximum Gasteiger partial charge on any atom is 0.119 e. The molecule has 3 heteroatoms. The minimum absolute atomic E-state index is 0.345. The average Bonchev–Trinajstić information content (AvgIpc) is 2.98. The van der Waals surface area contributed by atoms with Crippen LogP contribution in [0.15, 0.2) is 24.3 Å². The van der Waals surface area contributed by atoms with Gasteiger partial charge in [0.05, 0.1) is 19.3 Å². The minimum Gasteiger partial charge on any atom is -0.494 e. The first-order valence-electron chi connectivity index (χ1n) is 7.87. The highest BCUT2D eigenvalue weighted by Gasteiger charge is 2.14. The molecule has 1 aromatic rings. The van der Waals surface area contributed by atoms with E-state index in [1.165, 1.54) is 31.2 Å². The molecule has 0 bridgehead atoms. The van der Waals surface area contributed by atoms with E-state index in [1.807, 2.05) is 19.1 Å². The molecule has 0 spiro atoms. The summed E-state index contributed by atoms with van der Waals surface area (Å²) in [5, 5.41) is 3.51. The maximum absolute atomic E-state index is 5.86. The number of rotatable bonds is 8. The maximum atomic E-state index is 5.86. The van der Waals surface area contributed by atoms with E-state index in [4.69, 9.17) is 9.47 Å². The molecule has 2 rings (SSSR count). The normalized spacial score (nSPS) is 17.3. The average molecular weight is 277 g/mol. The molecule has 1 aliphatic carbocycles. The zero-order valence-corrected chi connectivity index (χ0v) is 12.7. The van der Waals surface area contributed by atoms with Crippen molar-refractivity contribution in [1.29, 1.82) is 0 Å². The fraction of sp³-hybridized carbons (Fsp3) is 0.647. The third kappa shape index (κ3) is 4.80. The predicted octanol–water partition coefficient (Wildman–Crippen LogP) is 3.70. The van der Waals surface area contributed by atoms with Crippen molar-refractivity contribution in [1.82, 2.24) is 5.32 Å². The lowest BCUT2D eigenvalue weighted by Crippen LogP contribution is -2.25. The number of hydrogen-bond donors (Lipinski definition) is 1. The summed E-state index contributed by atoms with van der Waals surface area (Å²) in [5.41, 5.74) is 1.29. The van der Waals surface area contributed by atoms with Crippen LogP contribution in [-0.2, 0) is 4.74 Å². The van der Waals surface area contributed by atoms with Crippen molar-refractivity contribution in [2.24, 2.45) is 0 Å². The molecule has 1 saturated carbocycles. The fourth-order valence-electron chi connectivity index (χ4n) is 2.69. The number of hydrogen-bond acceptors (Lipinski definition) is 3. The van der Waals surface area contributed by atoms with Crippen molar-refractivity contribution in [3.8, 4) is 5.75 Å². The van der Waals surface area contributed by atoms with Crippen LogP contribution in [-0.4, -0.2) is 25.9 Å². The van der Waals surface area contributed by atoms with Crippen LogP contribution in [0.1, 0.15) is 51.1 Å². The largest absolute Gasteiger partial charge is 0.494 e. The Morgan fingerprint density at radius 2 is 1.90 bits per heavy atom. The van der Waals surface area contributed by atoms with Gasteiger partial charge in [-0.2, -0.15) is 0 Å². The van der Waals surface area contributed by atoms with Crippen LogP contribution in [0.4, 0.5) is 0 Å². The van der Waals surface area contributed by atoms with Crippen LogP contribution in [0.3, 0.4) is 0 Å². The Morgan fingerprint density at radius 1 is 1.20 bits per heavy atom. The molecule has 0 radical (unpaired) electrons. The summed E-state index contributed by atoms with van der Waals surface area (Å²) in [7, 11) is 0. The molecule has 1 aromatic carbocycles. The number of nitrogens with one attached hydrogen (secondary N) is 1. The van der Waals surface area contributed by atoms with Crippen LogP contribution in [0, 0.1) is 0 Å². The molecule has 0 aromatic heterocycles. The summed E-state index contributed by atoms with van der Waals surface area (Å²) in [6, 6.07) is 8.66. The van der Waals surface area contributed by atoms with E-state index in [0.29, 0.717) is 18.8 Å². The molecule has 1 fully saturated rings. The number of benzene rings is 1. The lowest BCUT2D eigenvalue weighted by molar-refractivity contribution is 0.0593. The third-order valence-electron chi connectivity index (χ3n) is 3.90. The molecule has 0 amide bonds. The van der Waals surface area contributed by atoms with Crippen molar-refractivity contribution in [3.63, 3.8) is 0 Å². The van der Waals surface area contributed by atoms with Gasteiger partial charge in [-0.25, -0.2) is 0 Å². The molecular weight excluding hydrogens is 250 g/mol. The van der Waals surface area contributed by atoms with E-state index in [1.54, 1.807) is 0 Å². The van der Waals surface area contributed by atoms with E-state index in [-0.39, 0.29) is 0 Å². The highest BCUT2D eigenvalue weighted by atomic mass is 16.5. The Bertz CT molecular complexity index is 371. The molecule has 20 heavy (non-hydrogen) atoms. The van der Waals surface area contributed by atoms with E-state index >= 15 is 0 Å². The molecule has 1 atom stereocenters. The smallest absolute Gasteiger partial charge is 0.119 e. The summed E-state index contributed by atoms with van der Waals surface area (Å²) < 4.78 is 11.3. The second-order valence-electron chi connectivity index (χ2n) is 5.46. The van der Waals surface area contributed by atoms with Gasteiger partial charge in [0.2, 0.25) is 0 Å². The molecule has 0 saturated heterocycles. The van der Waals surface area contributed by atoms with Crippen molar-refractivity contribution in [3.05, 3.63) is 29.8 Å². The van der Waals surface area contributed by atoms with E-state index < -0.39 is 0 Å². The summed E-state index contributed by atoms with van der Waals surface area (Å²) in [5.74, 6) is 0.938. The molecule has 0 heterocycles. The van der Waals surface area contributed by atoms with E-state index in [2.05, 4.69) is 24.4 Å². The first-order chi connectivity index (χ1) is 9.79. The van der Waals surface area contributed by atoms with Gasteiger partial charge < -0.3 is 14.8 Å². The Labute approximate surface area is 122 Å². The minimum atomic E-state index is 0.345. The highest BCUT2D eigenvalue weighted by molar-refractivity contribution is 5.28. The number of ether oxygens (including phenoxy) is 2. The topological polar surface area (TPSA) is 30.5 Å². The van der Waals surface area contributed by atoms with Gasteiger partial charge in [-0.15, -0.1) is 0 Å². The van der Waals surface area contributed by atoms with Crippen LogP contribution >= 0.6 is 0 Å². The Balaban J connectivity index is 1.66. The van der Waals surface area contributed by atoms with E-state index in [9.17, 15) is 0 Å². The zero-order chi connectivity index (χ0) is 14.2. The molecule has 1 N–H and O–H groups in total. The van der Waals surface area contributed by atoms with Crippen molar-refractivity contribution < 1.29 is 9.47 Å². The van der Waals surface area contributed by atoms with Crippen molar-refractivity contribution in [2.45, 2.75) is 51.7 Å². The fourth-order valence-corrected chi connectivity index (χ4v) is 2.69. The lowest BCUT2D eigenvalue weighted by Gasteiger charge is -2.16. The summed E-state index contributed by atoms with van der Waals surface area (Å²) in [4.78, 5) is 0. The molecule has 1 unspecified atom stereocenters. The first-order valence-corrected chi connectivity index (χ1v) is 7.87. The molecule has 1 aliphatic rings. The van der Waals surface area contributed by atoms with Crippen LogP contribution < -0.4 is 10.1 Å². The predicted molar refractivity (Wildman–Crippen MR) is 82.2 cm³/mol. The summed E-state index contributed by atoms with van der Waals surface area (Å²) in [6.45, 7) is 6.62. The van der Waals surface area contributed by atoms with Gasteiger partial charge in [-0.3, -0.25) is 0 Å². The Hall–Kier alpha value is -1.06. The van der Waals surface area contributed by atoms with Crippen molar-refractivity contribution >= 4 is 0 Å². The SMILES string of the molecule is CCOc1ccc(C(C)NCCOC2CCCC2)cc1. The first kappa shape index (κ1) is 15.3. The van der Waals surface area contributed by atoms with Gasteiger partial charge >= 0.3 is 0 Å².